The number of thiazole rings is 1. The molecule has 0 unspecified atom stereocenters. The van der Waals surface area contributed by atoms with E-state index in [0.29, 0.717) is 17.4 Å². The summed E-state index contributed by atoms with van der Waals surface area (Å²) in [6.07, 6.45) is 2.47. The number of carbonyl (C=O) groups is 1. The smallest absolute Gasteiger partial charge is 0.254 e. The molecule has 4 nitrogen and oxygen atoms in total. The number of carbonyl (C=O) groups excluding carboxylic acids is 1. The zero-order valence-electron chi connectivity index (χ0n) is 12.4. The molecule has 0 aliphatic rings. The first-order valence-electron chi connectivity index (χ1n) is 6.87. The standard InChI is InChI=1S/C15H19N3OS2/c1-10(2)21-15-13(5-4-7-17-15)14(19)16-8-6-12-9-20-11(3)18-12/h4-5,7,9-10H,6,8H2,1-3H3,(H,16,19). The fourth-order valence-corrected chi connectivity index (χ4v) is 3.31. The van der Waals surface area contributed by atoms with E-state index in [1.165, 1.54) is 0 Å². The van der Waals surface area contributed by atoms with Crippen LogP contribution >= 0.6 is 23.1 Å². The van der Waals surface area contributed by atoms with Gasteiger partial charge in [-0.2, -0.15) is 0 Å². The van der Waals surface area contributed by atoms with Crippen LogP contribution in [0, 0.1) is 6.92 Å². The van der Waals surface area contributed by atoms with Crippen LogP contribution in [0.3, 0.4) is 0 Å². The van der Waals surface area contributed by atoms with Crippen molar-refractivity contribution in [3.8, 4) is 0 Å². The van der Waals surface area contributed by atoms with Crippen LogP contribution in [0.2, 0.25) is 0 Å². The van der Waals surface area contributed by atoms with Crippen molar-refractivity contribution in [3.63, 3.8) is 0 Å². The molecule has 0 atom stereocenters. The van der Waals surface area contributed by atoms with Crippen molar-refractivity contribution in [1.82, 2.24) is 15.3 Å². The monoisotopic (exact) mass is 321 g/mol. The van der Waals surface area contributed by atoms with Crippen LogP contribution in [-0.4, -0.2) is 27.7 Å². The summed E-state index contributed by atoms with van der Waals surface area (Å²) >= 11 is 3.24. The molecule has 0 radical (unpaired) electrons. The Morgan fingerprint density at radius 1 is 1.48 bits per heavy atom. The summed E-state index contributed by atoms with van der Waals surface area (Å²) in [7, 11) is 0. The molecule has 6 heteroatoms. The zero-order valence-corrected chi connectivity index (χ0v) is 14.1. The van der Waals surface area contributed by atoms with Gasteiger partial charge in [-0.3, -0.25) is 4.79 Å². The van der Waals surface area contributed by atoms with Gasteiger partial charge in [-0.05, 0) is 19.1 Å². The van der Waals surface area contributed by atoms with Crippen LogP contribution in [-0.2, 0) is 6.42 Å². The number of rotatable bonds is 6. The molecule has 0 aliphatic heterocycles. The van der Waals surface area contributed by atoms with Crippen molar-refractivity contribution in [2.45, 2.75) is 37.5 Å². The van der Waals surface area contributed by atoms with Gasteiger partial charge in [0.2, 0.25) is 0 Å². The Balaban J connectivity index is 1.94. The van der Waals surface area contributed by atoms with E-state index in [0.717, 1.165) is 22.1 Å². The highest BCUT2D eigenvalue weighted by molar-refractivity contribution is 7.99. The fraction of sp³-hybridized carbons (Fsp3) is 0.400. The van der Waals surface area contributed by atoms with Crippen molar-refractivity contribution in [1.29, 1.82) is 0 Å². The van der Waals surface area contributed by atoms with E-state index in [1.54, 1.807) is 35.4 Å². The SMILES string of the molecule is Cc1nc(CCNC(=O)c2cccnc2SC(C)C)cs1. The molecule has 2 heterocycles. The lowest BCUT2D eigenvalue weighted by molar-refractivity contribution is 0.0950. The number of nitrogens with one attached hydrogen (secondary N) is 1. The molecule has 0 aromatic carbocycles. The molecule has 1 amide bonds. The summed E-state index contributed by atoms with van der Waals surface area (Å²) in [4.78, 5) is 20.9. The minimum absolute atomic E-state index is 0.0711. The second kappa shape index (κ2) is 7.56. The topological polar surface area (TPSA) is 54.9 Å². The molecule has 0 aliphatic carbocycles. The molecule has 112 valence electrons. The van der Waals surface area contributed by atoms with Gasteiger partial charge < -0.3 is 5.32 Å². The van der Waals surface area contributed by atoms with Crippen molar-refractivity contribution in [2.24, 2.45) is 0 Å². The van der Waals surface area contributed by atoms with E-state index in [4.69, 9.17) is 0 Å². The molecule has 2 aromatic rings. The second-order valence-electron chi connectivity index (χ2n) is 4.89. The maximum absolute atomic E-state index is 12.3. The van der Waals surface area contributed by atoms with Crippen LogP contribution in [0.4, 0.5) is 0 Å². The maximum Gasteiger partial charge on any atom is 0.254 e. The minimum Gasteiger partial charge on any atom is -0.352 e. The van der Waals surface area contributed by atoms with Crippen molar-refractivity contribution in [2.75, 3.05) is 6.54 Å². The number of pyridine rings is 1. The Bertz CT molecular complexity index is 610. The predicted octanol–water partition coefficient (Wildman–Crippen LogP) is 3.32. The van der Waals surface area contributed by atoms with Crippen LogP contribution in [0.5, 0.6) is 0 Å². The Labute approximate surface area is 133 Å². The van der Waals surface area contributed by atoms with Crippen molar-refractivity contribution < 1.29 is 4.79 Å². The molecule has 0 spiro atoms. The summed E-state index contributed by atoms with van der Waals surface area (Å²) in [5, 5.41) is 7.21. The van der Waals surface area contributed by atoms with E-state index in [9.17, 15) is 4.79 Å². The third-order valence-electron chi connectivity index (χ3n) is 2.70. The molecule has 0 fully saturated rings. The van der Waals surface area contributed by atoms with Gasteiger partial charge in [0.05, 0.1) is 16.3 Å². The summed E-state index contributed by atoms with van der Waals surface area (Å²) in [5.41, 5.74) is 1.67. The molecule has 2 rings (SSSR count). The molecular weight excluding hydrogens is 302 g/mol. The maximum atomic E-state index is 12.3. The van der Waals surface area contributed by atoms with E-state index in [-0.39, 0.29) is 5.91 Å². The number of thioether (sulfide) groups is 1. The van der Waals surface area contributed by atoms with Gasteiger partial charge in [-0.25, -0.2) is 9.97 Å². The lowest BCUT2D eigenvalue weighted by Crippen LogP contribution is -2.26. The number of hydrogen-bond donors (Lipinski definition) is 1. The van der Waals surface area contributed by atoms with Crippen LogP contribution in [0.25, 0.3) is 0 Å². The molecule has 0 bridgehead atoms. The van der Waals surface area contributed by atoms with Gasteiger partial charge in [-0.1, -0.05) is 13.8 Å². The first-order valence-corrected chi connectivity index (χ1v) is 8.63. The van der Waals surface area contributed by atoms with Crippen LogP contribution in [0.15, 0.2) is 28.7 Å². The van der Waals surface area contributed by atoms with Crippen molar-refractivity contribution >= 4 is 29.0 Å². The predicted molar refractivity (Wildman–Crippen MR) is 88.1 cm³/mol. The minimum atomic E-state index is -0.0711. The Morgan fingerprint density at radius 2 is 2.29 bits per heavy atom. The van der Waals surface area contributed by atoms with Gasteiger partial charge >= 0.3 is 0 Å². The average molecular weight is 321 g/mol. The highest BCUT2D eigenvalue weighted by Gasteiger charge is 2.13. The number of aromatic nitrogens is 2. The number of hydrogen-bond acceptors (Lipinski definition) is 5. The Hall–Kier alpha value is -1.40. The lowest BCUT2D eigenvalue weighted by atomic mass is 10.2. The zero-order chi connectivity index (χ0) is 15.2. The molecule has 0 saturated heterocycles. The molecule has 21 heavy (non-hydrogen) atoms. The van der Waals surface area contributed by atoms with Gasteiger partial charge in [0.15, 0.2) is 0 Å². The normalized spacial score (nSPS) is 10.9. The Morgan fingerprint density at radius 3 is 2.95 bits per heavy atom. The molecular formula is C15H19N3OS2. The highest BCUT2D eigenvalue weighted by atomic mass is 32.2. The second-order valence-corrected chi connectivity index (χ2v) is 7.51. The quantitative estimate of drug-likeness (QED) is 0.829. The van der Waals surface area contributed by atoms with Crippen LogP contribution < -0.4 is 5.32 Å². The van der Waals surface area contributed by atoms with Gasteiger partial charge in [-0.15, -0.1) is 23.1 Å². The number of nitrogens with zero attached hydrogens (tertiary/aromatic N) is 2. The van der Waals surface area contributed by atoms with Gasteiger partial charge in [0.25, 0.3) is 5.91 Å². The van der Waals surface area contributed by atoms with Gasteiger partial charge in [0, 0.05) is 29.8 Å². The average Bonchev–Trinajstić information content (AvgIpc) is 2.84. The highest BCUT2D eigenvalue weighted by Crippen LogP contribution is 2.24. The largest absolute Gasteiger partial charge is 0.352 e. The summed E-state index contributed by atoms with van der Waals surface area (Å²) < 4.78 is 0. The number of amides is 1. The molecule has 0 saturated carbocycles. The summed E-state index contributed by atoms with van der Waals surface area (Å²) in [5.74, 6) is -0.0711. The third-order valence-corrected chi connectivity index (χ3v) is 4.54. The number of aryl methyl sites for hydroxylation is 1. The fourth-order valence-electron chi connectivity index (χ4n) is 1.80. The van der Waals surface area contributed by atoms with E-state index >= 15 is 0 Å². The summed E-state index contributed by atoms with van der Waals surface area (Å²) in [6.45, 7) is 6.75. The first-order chi connectivity index (χ1) is 10.1. The van der Waals surface area contributed by atoms with Gasteiger partial charge in [0.1, 0.15) is 5.03 Å². The third kappa shape index (κ3) is 4.82. The van der Waals surface area contributed by atoms with E-state index < -0.39 is 0 Å². The van der Waals surface area contributed by atoms with Crippen LogP contribution in [0.1, 0.15) is 34.9 Å². The Kier molecular flexibility index (Phi) is 5.76. The summed E-state index contributed by atoms with van der Waals surface area (Å²) in [6, 6.07) is 3.61. The molecule has 2 aromatic heterocycles. The van der Waals surface area contributed by atoms with Crippen molar-refractivity contribution in [3.05, 3.63) is 40.0 Å². The van der Waals surface area contributed by atoms with E-state index in [2.05, 4.69) is 29.1 Å². The molecule has 1 N–H and O–H groups in total. The first kappa shape index (κ1) is 16.0. The van der Waals surface area contributed by atoms with E-state index in [1.807, 2.05) is 18.4 Å². The lowest BCUT2D eigenvalue weighted by Gasteiger charge is -2.10.